The molecule has 1 saturated carbocycles. The summed E-state index contributed by atoms with van der Waals surface area (Å²) in [4.78, 5) is 11.6. The molecule has 0 aromatic heterocycles. The van der Waals surface area contributed by atoms with E-state index in [9.17, 15) is 4.79 Å². The van der Waals surface area contributed by atoms with Crippen molar-refractivity contribution in [1.82, 2.24) is 5.32 Å². The second-order valence-electron chi connectivity index (χ2n) is 4.93. The first-order valence-electron chi connectivity index (χ1n) is 5.51. The van der Waals surface area contributed by atoms with Gasteiger partial charge < -0.3 is 11.1 Å². The normalized spacial score (nSPS) is 30.5. The summed E-state index contributed by atoms with van der Waals surface area (Å²) in [5, 5.41) is 3.36. The number of rotatable bonds is 4. The molecule has 1 unspecified atom stereocenters. The van der Waals surface area contributed by atoms with E-state index in [0.29, 0.717) is 0 Å². The molecule has 1 aliphatic rings. The molecule has 1 atom stereocenters. The second-order valence-corrected chi connectivity index (χ2v) is 4.93. The Morgan fingerprint density at radius 1 is 1.43 bits per heavy atom. The van der Waals surface area contributed by atoms with E-state index in [1.165, 1.54) is 0 Å². The van der Waals surface area contributed by atoms with Crippen LogP contribution in [0.5, 0.6) is 0 Å². The number of hydrogen-bond acceptors (Lipinski definition) is 2. The Morgan fingerprint density at radius 3 is 2.43 bits per heavy atom. The van der Waals surface area contributed by atoms with E-state index in [1.807, 2.05) is 0 Å². The fourth-order valence-electron chi connectivity index (χ4n) is 2.56. The predicted molar refractivity (Wildman–Crippen MR) is 57.9 cm³/mol. The highest BCUT2D eigenvalue weighted by molar-refractivity contribution is 5.86. The summed E-state index contributed by atoms with van der Waals surface area (Å²) in [6, 6.07) is 0. The van der Waals surface area contributed by atoms with Gasteiger partial charge in [0.2, 0.25) is 5.91 Å². The molecule has 3 N–H and O–H groups in total. The van der Waals surface area contributed by atoms with Gasteiger partial charge in [-0.25, -0.2) is 0 Å². The van der Waals surface area contributed by atoms with E-state index in [4.69, 9.17) is 5.73 Å². The van der Waals surface area contributed by atoms with E-state index in [-0.39, 0.29) is 11.3 Å². The van der Waals surface area contributed by atoms with Gasteiger partial charge in [0.25, 0.3) is 0 Å². The van der Waals surface area contributed by atoms with Crippen LogP contribution in [0.25, 0.3) is 0 Å². The van der Waals surface area contributed by atoms with Crippen LogP contribution in [-0.2, 0) is 4.79 Å². The Morgan fingerprint density at radius 2 is 2.07 bits per heavy atom. The molecular formula is C11H22N2O. The molecule has 1 amide bonds. The smallest absolute Gasteiger partial charge is 0.238 e. The average molecular weight is 198 g/mol. The lowest BCUT2D eigenvalue weighted by molar-refractivity contribution is -0.128. The number of nitrogens with one attached hydrogen (secondary N) is 1. The maximum atomic E-state index is 11.6. The summed E-state index contributed by atoms with van der Waals surface area (Å²) in [5.74, 6) is -0.187. The Balaban J connectivity index is 2.86. The zero-order valence-electron chi connectivity index (χ0n) is 9.52. The lowest BCUT2D eigenvalue weighted by atomic mass is 9.74. The number of nitrogens with two attached hydrogens (primary N) is 1. The molecule has 0 aromatic carbocycles. The van der Waals surface area contributed by atoms with E-state index >= 15 is 0 Å². The summed E-state index contributed by atoms with van der Waals surface area (Å²) < 4.78 is 0. The summed E-state index contributed by atoms with van der Waals surface area (Å²) in [5.41, 5.74) is 5.07. The average Bonchev–Trinajstić information content (AvgIpc) is 2.38. The zero-order valence-corrected chi connectivity index (χ0v) is 9.52. The molecule has 0 bridgehead atoms. The van der Waals surface area contributed by atoms with Crippen molar-refractivity contribution in [3.05, 3.63) is 0 Å². The first kappa shape index (κ1) is 11.5. The van der Waals surface area contributed by atoms with Crippen molar-refractivity contribution in [3.8, 4) is 0 Å². The Kier molecular flexibility index (Phi) is 3.20. The largest absolute Gasteiger partial charge is 0.368 e. The third-order valence-corrected chi connectivity index (χ3v) is 3.61. The maximum Gasteiger partial charge on any atom is 0.238 e. The minimum absolute atomic E-state index is 0.00595. The van der Waals surface area contributed by atoms with Gasteiger partial charge in [0, 0.05) is 0 Å². The highest BCUT2D eigenvalue weighted by atomic mass is 16.1. The summed E-state index contributed by atoms with van der Waals surface area (Å²) in [7, 11) is 0. The standard InChI is InChI=1S/C11H22N2O/c1-4-8-13-11(9(12)14)7-5-6-10(11,2)3/h13H,4-8H2,1-3H3,(H2,12,14). The third kappa shape index (κ3) is 1.65. The second kappa shape index (κ2) is 3.89. The minimum atomic E-state index is -0.469. The van der Waals surface area contributed by atoms with Gasteiger partial charge in [-0.3, -0.25) is 4.79 Å². The van der Waals surface area contributed by atoms with Gasteiger partial charge in [-0.05, 0) is 31.2 Å². The first-order chi connectivity index (χ1) is 6.46. The molecule has 0 saturated heterocycles. The van der Waals surface area contributed by atoms with Crippen LogP contribution in [0.3, 0.4) is 0 Å². The van der Waals surface area contributed by atoms with E-state index in [0.717, 1.165) is 32.2 Å². The van der Waals surface area contributed by atoms with Crippen LogP contribution in [0.1, 0.15) is 46.5 Å². The van der Waals surface area contributed by atoms with E-state index in [1.54, 1.807) is 0 Å². The topological polar surface area (TPSA) is 55.1 Å². The van der Waals surface area contributed by atoms with Gasteiger partial charge in [0.05, 0.1) is 0 Å². The molecule has 1 fully saturated rings. The first-order valence-corrected chi connectivity index (χ1v) is 5.51. The minimum Gasteiger partial charge on any atom is -0.368 e. The van der Waals surface area contributed by atoms with Crippen molar-refractivity contribution >= 4 is 5.91 Å². The molecule has 14 heavy (non-hydrogen) atoms. The SMILES string of the molecule is CCCNC1(C(N)=O)CCCC1(C)C. The van der Waals surface area contributed by atoms with Crippen LogP contribution in [0.4, 0.5) is 0 Å². The van der Waals surface area contributed by atoms with Gasteiger partial charge in [0.1, 0.15) is 5.54 Å². The van der Waals surface area contributed by atoms with Gasteiger partial charge in [-0.15, -0.1) is 0 Å². The van der Waals surface area contributed by atoms with Gasteiger partial charge in [-0.2, -0.15) is 0 Å². The predicted octanol–water partition coefficient (Wildman–Crippen LogP) is 1.42. The molecule has 0 aromatic rings. The van der Waals surface area contributed by atoms with Crippen molar-refractivity contribution < 1.29 is 4.79 Å². The summed E-state index contributed by atoms with van der Waals surface area (Å²) >= 11 is 0. The van der Waals surface area contributed by atoms with Crippen molar-refractivity contribution in [2.75, 3.05) is 6.54 Å². The fraction of sp³-hybridized carbons (Fsp3) is 0.909. The molecule has 0 heterocycles. The van der Waals surface area contributed by atoms with Crippen LogP contribution in [-0.4, -0.2) is 18.0 Å². The Hall–Kier alpha value is -0.570. The molecule has 3 heteroatoms. The van der Waals surface area contributed by atoms with Crippen LogP contribution < -0.4 is 11.1 Å². The summed E-state index contributed by atoms with van der Waals surface area (Å²) in [6.45, 7) is 7.23. The van der Waals surface area contributed by atoms with Crippen molar-refractivity contribution in [3.63, 3.8) is 0 Å². The molecule has 1 aliphatic carbocycles. The molecule has 1 rings (SSSR count). The molecular weight excluding hydrogens is 176 g/mol. The van der Waals surface area contributed by atoms with Crippen LogP contribution in [0.15, 0.2) is 0 Å². The van der Waals surface area contributed by atoms with Crippen LogP contribution in [0.2, 0.25) is 0 Å². The Labute approximate surface area is 86.4 Å². The van der Waals surface area contributed by atoms with E-state index < -0.39 is 5.54 Å². The van der Waals surface area contributed by atoms with Crippen molar-refractivity contribution in [1.29, 1.82) is 0 Å². The van der Waals surface area contributed by atoms with Gasteiger partial charge in [-0.1, -0.05) is 27.2 Å². The van der Waals surface area contributed by atoms with E-state index in [2.05, 4.69) is 26.1 Å². The summed E-state index contributed by atoms with van der Waals surface area (Å²) in [6.07, 6.45) is 4.08. The molecule has 0 aliphatic heterocycles. The lowest BCUT2D eigenvalue weighted by Gasteiger charge is -2.39. The fourth-order valence-corrected chi connectivity index (χ4v) is 2.56. The molecule has 82 valence electrons. The number of carbonyl (C=O) groups is 1. The highest BCUT2D eigenvalue weighted by Crippen LogP contribution is 2.45. The number of hydrogen-bond donors (Lipinski definition) is 2. The lowest BCUT2D eigenvalue weighted by Crippen LogP contribution is -2.61. The number of amides is 1. The quantitative estimate of drug-likeness (QED) is 0.718. The van der Waals surface area contributed by atoms with Crippen LogP contribution >= 0.6 is 0 Å². The maximum absolute atomic E-state index is 11.6. The van der Waals surface area contributed by atoms with Gasteiger partial charge in [0.15, 0.2) is 0 Å². The number of carbonyl (C=O) groups excluding carboxylic acids is 1. The van der Waals surface area contributed by atoms with Crippen molar-refractivity contribution in [2.24, 2.45) is 11.1 Å². The molecule has 0 radical (unpaired) electrons. The zero-order chi connectivity index (χ0) is 10.8. The Bertz CT molecular complexity index is 225. The van der Waals surface area contributed by atoms with Gasteiger partial charge >= 0.3 is 0 Å². The third-order valence-electron chi connectivity index (χ3n) is 3.61. The number of primary amides is 1. The monoisotopic (exact) mass is 198 g/mol. The molecule has 3 nitrogen and oxygen atoms in total. The van der Waals surface area contributed by atoms with Crippen molar-refractivity contribution in [2.45, 2.75) is 52.0 Å². The van der Waals surface area contributed by atoms with Crippen LogP contribution in [0, 0.1) is 5.41 Å². The molecule has 0 spiro atoms. The highest BCUT2D eigenvalue weighted by Gasteiger charge is 2.52.